The number of carbonyl (C=O) groups excluding carboxylic acids is 1. The summed E-state index contributed by atoms with van der Waals surface area (Å²) in [6.45, 7) is 0.611. The Bertz CT molecular complexity index is 987. The summed E-state index contributed by atoms with van der Waals surface area (Å²) in [7, 11) is 0.158. The number of nitrogens with zero attached hydrogens (tertiary/aromatic N) is 1. The van der Waals surface area contributed by atoms with Gasteiger partial charge in [-0.2, -0.15) is 8.42 Å². The first-order valence-corrected chi connectivity index (χ1v) is 12.6. The van der Waals surface area contributed by atoms with Crippen molar-refractivity contribution in [2.45, 2.75) is 62.0 Å². The van der Waals surface area contributed by atoms with E-state index in [1.165, 1.54) is 7.11 Å². The maximum Gasteiger partial charge on any atom is 0.449 e. The molecular formula is C22H33NO11S. The average molecular weight is 520 g/mol. The summed E-state index contributed by atoms with van der Waals surface area (Å²) in [6.07, 6.45) is -6.40. The van der Waals surface area contributed by atoms with Gasteiger partial charge in [-0.25, -0.2) is 4.79 Å². The van der Waals surface area contributed by atoms with Crippen molar-refractivity contribution in [1.82, 2.24) is 4.90 Å². The first-order valence-electron chi connectivity index (χ1n) is 11.3. The van der Waals surface area contributed by atoms with Crippen LogP contribution in [0.2, 0.25) is 0 Å². The number of benzene rings is 1. The van der Waals surface area contributed by atoms with Crippen molar-refractivity contribution in [2.24, 2.45) is 5.92 Å². The van der Waals surface area contributed by atoms with E-state index in [4.69, 9.17) is 18.8 Å². The molecule has 1 aliphatic heterocycles. The van der Waals surface area contributed by atoms with Crippen molar-refractivity contribution in [3.8, 4) is 5.75 Å². The van der Waals surface area contributed by atoms with E-state index in [0.29, 0.717) is 18.7 Å². The average Bonchev–Trinajstić information content (AvgIpc) is 2.79. The molecule has 1 saturated heterocycles. The molecule has 1 saturated carbocycles. The lowest BCUT2D eigenvalue weighted by atomic mass is 9.70. The van der Waals surface area contributed by atoms with Gasteiger partial charge in [-0.1, -0.05) is 25.0 Å². The van der Waals surface area contributed by atoms with Crippen molar-refractivity contribution in [1.29, 1.82) is 0 Å². The van der Waals surface area contributed by atoms with Crippen molar-refractivity contribution in [3.63, 3.8) is 0 Å². The maximum atomic E-state index is 12.2. The van der Waals surface area contributed by atoms with E-state index in [1.54, 1.807) is 18.2 Å². The monoisotopic (exact) mass is 519 g/mol. The molecular weight excluding hydrogens is 486 g/mol. The first kappa shape index (κ1) is 27.7. The highest BCUT2D eigenvalue weighted by Gasteiger charge is 2.53. The SMILES string of the molecule is COc1cccc(C2(OC3OC(C(=O)OS(=O)(=O)O)C(O)C(O)C3O)CCCCC2CN(C)C)c1. The molecule has 198 valence electrons. The van der Waals surface area contributed by atoms with Gasteiger partial charge in [0.15, 0.2) is 12.4 Å². The zero-order chi connectivity index (χ0) is 26.0. The third-order valence-electron chi connectivity index (χ3n) is 6.47. The van der Waals surface area contributed by atoms with Crippen LogP contribution in [0.1, 0.15) is 31.2 Å². The van der Waals surface area contributed by atoms with Gasteiger partial charge in [0.05, 0.1) is 7.11 Å². The minimum absolute atomic E-state index is 0.0960. The van der Waals surface area contributed by atoms with Crippen LogP contribution in [-0.4, -0.2) is 97.6 Å². The van der Waals surface area contributed by atoms with Gasteiger partial charge in [0.25, 0.3) is 0 Å². The van der Waals surface area contributed by atoms with Gasteiger partial charge in [-0.15, -0.1) is 0 Å². The summed E-state index contributed by atoms with van der Waals surface area (Å²) in [4.78, 5) is 14.2. The van der Waals surface area contributed by atoms with E-state index in [-0.39, 0.29) is 5.92 Å². The largest absolute Gasteiger partial charge is 0.497 e. The Balaban J connectivity index is 2.01. The first-order chi connectivity index (χ1) is 16.4. The van der Waals surface area contributed by atoms with Crippen molar-refractivity contribution >= 4 is 16.4 Å². The van der Waals surface area contributed by atoms with Gasteiger partial charge in [0.1, 0.15) is 29.7 Å². The fraction of sp³-hybridized carbons (Fsp3) is 0.682. The minimum Gasteiger partial charge on any atom is -0.497 e. The summed E-state index contributed by atoms with van der Waals surface area (Å²) < 4.78 is 52.0. The Hall–Kier alpha value is -1.84. The van der Waals surface area contributed by atoms with E-state index in [0.717, 1.165) is 24.8 Å². The number of ether oxygens (including phenoxy) is 3. The number of aliphatic hydroxyl groups excluding tert-OH is 3. The van der Waals surface area contributed by atoms with Crippen molar-refractivity contribution in [2.75, 3.05) is 27.7 Å². The number of hydrogen-bond acceptors (Lipinski definition) is 11. The van der Waals surface area contributed by atoms with Crippen LogP contribution in [0.3, 0.4) is 0 Å². The van der Waals surface area contributed by atoms with Gasteiger partial charge in [0.2, 0.25) is 0 Å². The van der Waals surface area contributed by atoms with Gasteiger partial charge < -0.3 is 38.6 Å². The Morgan fingerprint density at radius 2 is 1.89 bits per heavy atom. The fourth-order valence-corrected chi connectivity index (χ4v) is 5.19. The molecule has 13 heteroatoms. The summed E-state index contributed by atoms with van der Waals surface area (Å²) in [5.74, 6) is -1.18. The smallest absolute Gasteiger partial charge is 0.449 e. The lowest BCUT2D eigenvalue weighted by Crippen LogP contribution is -2.62. The normalized spacial score (nSPS) is 33.9. The van der Waals surface area contributed by atoms with Crippen LogP contribution in [-0.2, 0) is 34.5 Å². The van der Waals surface area contributed by atoms with Gasteiger partial charge in [-0.3, -0.25) is 4.55 Å². The fourth-order valence-electron chi connectivity index (χ4n) is 4.88. The summed E-state index contributed by atoms with van der Waals surface area (Å²) >= 11 is 0. The van der Waals surface area contributed by atoms with Crippen LogP contribution in [0.4, 0.5) is 0 Å². The maximum absolute atomic E-state index is 12.2. The number of methoxy groups -OCH3 is 1. The molecule has 0 bridgehead atoms. The molecule has 4 N–H and O–H groups in total. The number of aliphatic hydroxyl groups is 3. The zero-order valence-corrected chi connectivity index (χ0v) is 20.6. The molecule has 7 unspecified atom stereocenters. The molecule has 0 spiro atoms. The zero-order valence-electron chi connectivity index (χ0n) is 19.8. The molecule has 7 atom stereocenters. The number of carbonyl (C=O) groups is 1. The molecule has 0 amide bonds. The molecule has 1 aromatic carbocycles. The molecule has 3 rings (SSSR count). The van der Waals surface area contributed by atoms with Crippen LogP contribution in [0, 0.1) is 5.92 Å². The summed E-state index contributed by atoms with van der Waals surface area (Å²) in [6, 6.07) is 7.22. The standard InChI is InChI=1S/C22H33NO11S/c1-23(2)12-14-7-4-5-10-22(14,13-8-6-9-15(11-13)31-3)33-21-18(26)16(24)17(25)19(32-21)20(27)34-35(28,29)30/h6,8-9,11,14,16-19,21,24-26H,4-5,7,10,12H2,1-3H3,(H,28,29,30). The minimum atomic E-state index is -5.20. The Labute approximate surface area is 204 Å². The second-order valence-electron chi connectivity index (χ2n) is 9.17. The third kappa shape index (κ3) is 6.30. The van der Waals surface area contributed by atoms with Gasteiger partial charge in [-0.05, 0) is 44.6 Å². The van der Waals surface area contributed by atoms with E-state index < -0.39 is 52.7 Å². The third-order valence-corrected chi connectivity index (χ3v) is 6.84. The molecule has 2 fully saturated rings. The molecule has 35 heavy (non-hydrogen) atoms. The molecule has 0 aromatic heterocycles. The second kappa shape index (κ2) is 11.0. The Morgan fingerprint density at radius 1 is 1.17 bits per heavy atom. The van der Waals surface area contributed by atoms with Crippen LogP contribution in [0.5, 0.6) is 5.75 Å². The van der Waals surface area contributed by atoms with E-state index in [9.17, 15) is 28.5 Å². The molecule has 1 heterocycles. The highest BCUT2D eigenvalue weighted by atomic mass is 32.3. The highest BCUT2D eigenvalue weighted by Crippen LogP contribution is 2.47. The quantitative estimate of drug-likeness (QED) is 0.334. The molecule has 1 aromatic rings. The van der Waals surface area contributed by atoms with Crippen molar-refractivity contribution in [3.05, 3.63) is 29.8 Å². The summed E-state index contributed by atoms with van der Waals surface area (Å²) in [5.41, 5.74) is -0.306. The number of hydrogen-bond donors (Lipinski definition) is 4. The predicted molar refractivity (Wildman–Crippen MR) is 121 cm³/mol. The van der Waals surface area contributed by atoms with Gasteiger partial charge >= 0.3 is 16.4 Å². The topological polar surface area (TPSA) is 172 Å². The molecule has 2 aliphatic rings. The van der Waals surface area contributed by atoms with E-state index in [1.807, 2.05) is 25.1 Å². The van der Waals surface area contributed by atoms with Crippen LogP contribution in [0.25, 0.3) is 0 Å². The lowest BCUT2D eigenvalue weighted by Gasteiger charge is -2.49. The Kier molecular flexibility index (Phi) is 8.76. The van der Waals surface area contributed by atoms with E-state index >= 15 is 0 Å². The van der Waals surface area contributed by atoms with Crippen LogP contribution in [0.15, 0.2) is 24.3 Å². The summed E-state index contributed by atoms with van der Waals surface area (Å²) in [5, 5.41) is 31.3. The molecule has 0 radical (unpaired) electrons. The van der Waals surface area contributed by atoms with Crippen LogP contribution >= 0.6 is 0 Å². The Morgan fingerprint density at radius 3 is 2.51 bits per heavy atom. The lowest BCUT2D eigenvalue weighted by molar-refractivity contribution is -0.333. The van der Waals surface area contributed by atoms with Crippen LogP contribution < -0.4 is 4.74 Å². The predicted octanol–water partition coefficient (Wildman–Crippen LogP) is -0.187. The number of rotatable bonds is 8. The van der Waals surface area contributed by atoms with Crippen molar-refractivity contribution < 1.29 is 51.5 Å². The van der Waals surface area contributed by atoms with Gasteiger partial charge in [0, 0.05) is 12.5 Å². The molecule has 12 nitrogen and oxygen atoms in total. The van der Waals surface area contributed by atoms with E-state index in [2.05, 4.69) is 4.18 Å². The second-order valence-corrected chi connectivity index (χ2v) is 10.2. The highest BCUT2D eigenvalue weighted by molar-refractivity contribution is 7.81. The molecule has 1 aliphatic carbocycles.